The van der Waals surface area contributed by atoms with E-state index in [0.717, 1.165) is 5.56 Å². The molecular formula is C9H7BrO2. The van der Waals surface area contributed by atoms with E-state index < -0.39 is 10.6 Å². The summed E-state index contributed by atoms with van der Waals surface area (Å²) in [7, 11) is 0. The minimum atomic E-state index is -0.504. The summed E-state index contributed by atoms with van der Waals surface area (Å²) in [5.41, 5.74) is 0.801. The number of Topliss-reactive ketones (excluding diaryl/α,β-unsaturated/α-hetero) is 1. The van der Waals surface area contributed by atoms with E-state index in [4.69, 9.17) is 0 Å². The van der Waals surface area contributed by atoms with E-state index in [1.807, 2.05) is 18.2 Å². The highest BCUT2D eigenvalue weighted by atomic mass is 79.9. The Morgan fingerprint density at radius 1 is 1.33 bits per heavy atom. The van der Waals surface area contributed by atoms with Crippen molar-refractivity contribution in [1.29, 1.82) is 0 Å². The number of aldehydes is 1. The lowest BCUT2D eigenvalue weighted by Crippen LogP contribution is -2.06. The van der Waals surface area contributed by atoms with Crippen LogP contribution in [0.4, 0.5) is 0 Å². The third-order valence-corrected chi connectivity index (χ3v) is 2.44. The second kappa shape index (κ2) is 4.16. The number of halogens is 1. The van der Waals surface area contributed by atoms with Crippen LogP contribution in [0.2, 0.25) is 0 Å². The van der Waals surface area contributed by atoms with Crippen LogP contribution in [-0.4, -0.2) is 12.1 Å². The molecule has 0 spiro atoms. The van der Waals surface area contributed by atoms with E-state index in [0.29, 0.717) is 6.29 Å². The molecule has 3 heteroatoms. The number of alkyl halides is 1. The molecule has 0 heterocycles. The SMILES string of the molecule is O=CC(=O)C(Br)c1ccccc1. The van der Waals surface area contributed by atoms with Crippen LogP contribution in [0.1, 0.15) is 10.4 Å². The van der Waals surface area contributed by atoms with Gasteiger partial charge in [-0.05, 0) is 5.56 Å². The molecule has 0 radical (unpaired) electrons. The third kappa shape index (κ3) is 2.01. The molecule has 0 saturated carbocycles. The van der Waals surface area contributed by atoms with Gasteiger partial charge in [-0.15, -0.1) is 0 Å². The first-order valence-corrected chi connectivity index (χ1v) is 4.35. The average molecular weight is 227 g/mol. The monoisotopic (exact) mass is 226 g/mol. The fraction of sp³-hybridized carbons (Fsp3) is 0.111. The smallest absolute Gasteiger partial charge is 0.213 e. The summed E-state index contributed by atoms with van der Waals surface area (Å²) in [6.07, 6.45) is 0.326. The van der Waals surface area contributed by atoms with Crippen LogP contribution in [0, 0.1) is 0 Å². The third-order valence-electron chi connectivity index (χ3n) is 1.46. The van der Waals surface area contributed by atoms with Crippen molar-refractivity contribution in [3.63, 3.8) is 0 Å². The topological polar surface area (TPSA) is 34.1 Å². The van der Waals surface area contributed by atoms with Crippen LogP contribution in [0.25, 0.3) is 0 Å². The van der Waals surface area contributed by atoms with E-state index in [9.17, 15) is 9.59 Å². The predicted octanol–water partition coefficient (Wildman–Crippen LogP) is 1.89. The minimum Gasteiger partial charge on any atom is -0.295 e. The number of benzene rings is 1. The molecule has 1 aromatic rings. The van der Waals surface area contributed by atoms with Crippen LogP contribution in [-0.2, 0) is 9.59 Å². The second-order valence-electron chi connectivity index (χ2n) is 2.29. The number of carbonyl (C=O) groups is 2. The molecule has 1 atom stereocenters. The molecule has 0 amide bonds. The quantitative estimate of drug-likeness (QED) is 0.449. The highest BCUT2D eigenvalue weighted by molar-refractivity contribution is 9.09. The molecule has 0 aliphatic carbocycles. The zero-order chi connectivity index (χ0) is 8.97. The maximum atomic E-state index is 10.9. The fourth-order valence-electron chi connectivity index (χ4n) is 0.846. The predicted molar refractivity (Wildman–Crippen MR) is 49.2 cm³/mol. The highest BCUT2D eigenvalue weighted by Gasteiger charge is 2.14. The van der Waals surface area contributed by atoms with Crippen LogP contribution >= 0.6 is 15.9 Å². The van der Waals surface area contributed by atoms with Crippen molar-refractivity contribution in [2.75, 3.05) is 0 Å². The van der Waals surface area contributed by atoms with Gasteiger partial charge in [0.2, 0.25) is 5.78 Å². The van der Waals surface area contributed by atoms with Gasteiger partial charge in [0.05, 0.1) is 0 Å². The Morgan fingerprint density at radius 2 is 1.92 bits per heavy atom. The van der Waals surface area contributed by atoms with Gasteiger partial charge in [0, 0.05) is 0 Å². The molecule has 1 unspecified atom stereocenters. The largest absolute Gasteiger partial charge is 0.295 e. The van der Waals surface area contributed by atoms with Gasteiger partial charge in [-0.1, -0.05) is 46.3 Å². The van der Waals surface area contributed by atoms with Gasteiger partial charge in [-0.25, -0.2) is 0 Å². The number of hydrogen-bond acceptors (Lipinski definition) is 2. The van der Waals surface area contributed by atoms with E-state index in [1.165, 1.54) is 0 Å². The van der Waals surface area contributed by atoms with Crippen molar-refractivity contribution in [2.24, 2.45) is 0 Å². The molecule has 0 saturated heterocycles. The lowest BCUT2D eigenvalue weighted by Gasteiger charge is -2.03. The minimum absolute atomic E-state index is 0.326. The van der Waals surface area contributed by atoms with Gasteiger partial charge < -0.3 is 0 Å². The molecule has 0 aliphatic rings. The zero-order valence-corrected chi connectivity index (χ0v) is 7.82. The maximum absolute atomic E-state index is 10.9. The van der Waals surface area contributed by atoms with Crippen LogP contribution in [0.15, 0.2) is 30.3 Å². The number of ketones is 1. The van der Waals surface area contributed by atoms with Crippen molar-refractivity contribution in [3.8, 4) is 0 Å². The van der Waals surface area contributed by atoms with Crippen LogP contribution < -0.4 is 0 Å². The first-order chi connectivity index (χ1) is 5.75. The Hall–Kier alpha value is -0.960. The lowest BCUT2D eigenvalue weighted by atomic mass is 10.1. The Balaban J connectivity index is 2.85. The first kappa shape index (κ1) is 9.13. The van der Waals surface area contributed by atoms with Gasteiger partial charge in [0.25, 0.3) is 0 Å². The van der Waals surface area contributed by atoms with Gasteiger partial charge in [-0.2, -0.15) is 0 Å². The molecule has 12 heavy (non-hydrogen) atoms. The Morgan fingerprint density at radius 3 is 2.42 bits per heavy atom. The number of rotatable bonds is 3. The summed E-state index contributed by atoms with van der Waals surface area (Å²) in [5, 5.41) is 0. The van der Waals surface area contributed by atoms with E-state index in [2.05, 4.69) is 15.9 Å². The van der Waals surface area contributed by atoms with Gasteiger partial charge in [0.1, 0.15) is 4.83 Å². The van der Waals surface area contributed by atoms with Crippen molar-refractivity contribution in [2.45, 2.75) is 4.83 Å². The van der Waals surface area contributed by atoms with Gasteiger partial charge >= 0.3 is 0 Å². The summed E-state index contributed by atoms with van der Waals surface area (Å²) in [4.78, 5) is 20.5. The Bertz CT molecular complexity index is 282. The molecular weight excluding hydrogens is 220 g/mol. The van der Waals surface area contributed by atoms with Gasteiger partial charge in [-0.3, -0.25) is 9.59 Å². The zero-order valence-electron chi connectivity index (χ0n) is 6.24. The molecule has 1 aromatic carbocycles. The maximum Gasteiger partial charge on any atom is 0.213 e. The molecule has 2 nitrogen and oxygen atoms in total. The van der Waals surface area contributed by atoms with Crippen LogP contribution in [0.5, 0.6) is 0 Å². The molecule has 0 N–H and O–H groups in total. The van der Waals surface area contributed by atoms with Crippen LogP contribution in [0.3, 0.4) is 0 Å². The summed E-state index contributed by atoms with van der Waals surface area (Å²) in [5.74, 6) is -0.457. The molecule has 0 fully saturated rings. The van der Waals surface area contributed by atoms with E-state index in [-0.39, 0.29) is 0 Å². The van der Waals surface area contributed by atoms with Crippen molar-refractivity contribution in [1.82, 2.24) is 0 Å². The molecule has 62 valence electrons. The highest BCUT2D eigenvalue weighted by Crippen LogP contribution is 2.22. The van der Waals surface area contributed by atoms with Crippen molar-refractivity contribution in [3.05, 3.63) is 35.9 Å². The average Bonchev–Trinajstić information content (AvgIpc) is 2.17. The number of hydrogen-bond donors (Lipinski definition) is 0. The normalized spacial score (nSPS) is 12.1. The molecule has 0 bridgehead atoms. The van der Waals surface area contributed by atoms with E-state index >= 15 is 0 Å². The second-order valence-corrected chi connectivity index (χ2v) is 3.21. The summed E-state index contributed by atoms with van der Waals surface area (Å²) in [6, 6.07) is 9.08. The Labute approximate surface area is 78.7 Å². The summed E-state index contributed by atoms with van der Waals surface area (Å²) in [6.45, 7) is 0. The molecule has 0 aliphatic heterocycles. The van der Waals surface area contributed by atoms with E-state index in [1.54, 1.807) is 12.1 Å². The van der Waals surface area contributed by atoms with Crippen molar-refractivity contribution < 1.29 is 9.59 Å². The summed E-state index contributed by atoms with van der Waals surface area (Å²) >= 11 is 3.13. The van der Waals surface area contributed by atoms with Crippen molar-refractivity contribution >= 4 is 28.0 Å². The number of carbonyl (C=O) groups excluding carboxylic acids is 2. The van der Waals surface area contributed by atoms with Gasteiger partial charge in [0.15, 0.2) is 6.29 Å². The lowest BCUT2D eigenvalue weighted by molar-refractivity contribution is -0.129. The first-order valence-electron chi connectivity index (χ1n) is 3.43. The standard InChI is InChI=1S/C9H7BrO2/c10-9(8(12)6-11)7-4-2-1-3-5-7/h1-6,9H. The molecule has 0 aromatic heterocycles. The Kier molecular flexibility index (Phi) is 3.17. The summed E-state index contributed by atoms with van der Waals surface area (Å²) < 4.78 is 0. The fourth-order valence-corrected chi connectivity index (χ4v) is 1.26. The molecule has 1 rings (SSSR count).